The van der Waals surface area contributed by atoms with E-state index < -0.39 is 51.1 Å². The number of allylic oxidation sites excluding steroid dienone is 2. The molecule has 6 unspecified atom stereocenters. The Morgan fingerprint density at radius 2 is 1.60 bits per heavy atom. The van der Waals surface area contributed by atoms with Crippen molar-refractivity contribution in [1.29, 1.82) is 0 Å². The molecule has 2 aliphatic carbocycles. The SMILES string of the molecule is COc1ccc(OC)c(C=Cc2ccc(N3C(=O)C4CC=C5C(CC6(Cl)C(=O)N(C)C(=O)C6(Cl)C5c5c(O)ccc6ccccc56)C4C3=O)cc2)c1. The Morgan fingerprint density at radius 3 is 2.33 bits per heavy atom. The molecule has 4 aromatic carbocycles. The third-order valence-corrected chi connectivity index (χ3v) is 12.7. The number of hydrogen-bond acceptors (Lipinski definition) is 7. The first-order valence-corrected chi connectivity index (χ1v) is 17.7. The number of phenolic OH excluding ortho intramolecular Hbond substituents is 1. The van der Waals surface area contributed by atoms with E-state index in [-0.39, 0.29) is 24.5 Å². The molecule has 1 saturated carbocycles. The topological polar surface area (TPSA) is 113 Å². The van der Waals surface area contributed by atoms with Crippen molar-refractivity contribution in [3.63, 3.8) is 0 Å². The predicted octanol–water partition coefficient (Wildman–Crippen LogP) is 6.93. The molecule has 0 radical (unpaired) electrons. The Kier molecular flexibility index (Phi) is 8.00. The average Bonchev–Trinajstić information content (AvgIpc) is 3.49. The predicted molar refractivity (Wildman–Crippen MR) is 198 cm³/mol. The van der Waals surface area contributed by atoms with Crippen LogP contribution < -0.4 is 14.4 Å². The summed E-state index contributed by atoms with van der Waals surface area (Å²) >= 11 is 14.7. The van der Waals surface area contributed by atoms with Crippen molar-refractivity contribution in [2.75, 3.05) is 26.2 Å². The van der Waals surface area contributed by atoms with Crippen LogP contribution in [0.4, 0.5) is 5.69 Å². The van der Waals surface area contributed by atoms with Gasteiger partial charge in [0.15, 0.2) is 9.75 Å². The summed E-state index contributed by atoms with van der Waals surface area (Å²) in [6.45, 7) is 0. The molecular weight excluding hydrogens is 703 g/mol. The Hall–Kier alpha value is -5.12. The summed E-state index contributed by atoms with van der Waals surface area (Å²) in [4.78, 5) is 54.7. The number of halogens is 2. The zero-order valence-corrected chi connectivity index (χ0v) is 30.0. The van der Waals surface area contributed by atoms with Gasteiger partial charge in [-0.2, -0.15) is 0 Å². The number of phenols is 1. The molecule has 4 aliphatic rings. The number of ether oxygens (including phenoxy) is 2. The number of anilines is 1. The van der Waals surface area contributed by atoms with Crippen LogP contribution in [0, 0.1) is 17.8 Å². The number of amides is 4. The highest BCUT2D eigenvalue weighted by molar-refractivity contribution is 6.53. The summed E-state index contributed by atoms with van der Waals surface area (Å²) < 4.78 is 10.8. The van der Waals surface area contributed by atoms with Gasteiger partial charge in [0.2, 0.25) is 11.8 Å². The highest BCUT2D eigenvalue weighted by atomic mass is 35.5. The minimum atomic E-state index is -2.00. The van der Waals surface area contributed by atoms with Crippen molar-refractivity contribution in [3.8, 4) is 17.2 Å². The van der Waals surface area contributed by atoms with Crippen molar-refractivity contribution in [1.82, 2.24) is 4.90 Å². The highest BCUT2D eigenvalue weighted by Gasteiger charge is 2.76. The number of aromatic hydroxyl groups is 1. The lowest BCUT2D eigenvalue weighted by Gasteiger charge is -2.51. The number of benzene rings is 4. The molecule has 4 aromatic rings. The van der Waals surface area contributed by atoms with Crippen LogP contribution in [0.1, 0.15) is 35.4 Å². The molecule has 2 aliphatic heterocycles. The molecule has 264 valence electrons. The van der Waals surface area contributed by atoms with Gasteiger partial charge in [0.25, 0.3) is 11.8 Å². The summed E-state index contributed by atoms with van der Waals surface area (Å²) in [5.41, 5.74) is 3.03. The Morgan fingerprint density at radius 1 is 0.846 bits per heavy atom. The van der Waals surface area contributed by atoms with Gasteiger partial charge in [0.05, 0.1) is 31.7 Å². The van der Waals surface area contributed by atoms with E-state index in [4.69, 9.17) is 32.7 Å². The molecule has 9 nitrogen and oxygen atoms in total. The summed E-state index contributed by atoms with van der Waals surface area (Å²) in [5.74, 6) is -4.22. The van der Waals surface area contributed by atoms with Gasteiger partial charge in [0.1, 0.15) is 17.2 Å². The summed E-state index contributed by atoms with van der Waals surface area (Å²) in [6.07, 6.45) is 5.73. The van der Waals surface area contributed by atoms with Gasteiger partial charge in [-0.05, 0) is 71.5 Å². The van der Waals surface area contributed by atoms with E-state index in [0.717, 1.165) is 21.4 Å². The number of fused-ring (bicyclic) bond motifs is 5. The van der Waals surface area contributed by atoms with Gasteiger partial charge in [-0.3, -0.25) is 29.0 Å². The number of carbonyl (C=O) groups excluding carboxylic acids is 4. The summed E-state index contributed by atoms with van der Waals surface area (Å²) in [6, 6.07) is 23.2. The van der Waals surface area contributed by atoms with Gasteiger partial charge in [0, 0.05) is 24.1 Å². The van der Waals surface area contributed by atoms with Crippen molar-refractivity contribution < 1.29 is 33.8 Å². The van der Waals surface area contributed by atoms with Crippen LogP contribution in [0.5, 0.6) is 17.2 Å². The third kappa shape index (κ3) is 4.68. The van der Waals surface area contributed by atoms with E-state index in [2.05, 4.69) is 0 Å². The molecule has 4 amide bonds. The summed E-state index contributed by atoms with van der Waals surface area (Å²) in [7, 11) is 4.53. The van der Waals surface area contributed by atoms with E-state index in [9.17, 15) is 24.3 Å². The lowest BCUT2D eigenvalue weighted by atomic mass is 9.56. The molecule has 0 spiro atoms. The number of imide groups is 2. The Labute approximate surface area is 310 Å². The van der Waals surface area contributed by atoms with E-state index in [1.54, 1.807) is 32.4 Å². The molecule has 6 atom stereocenters. The number of alkyl halides is 2. The molecule has 0 aromatic heterocycles. The molecule has 11 heteroatoms. The normalized spacial score (nSPS) is 28.3. The number of methoxy groups -OCH3 is 2. The van der Waals surface area contributed by atoms with Crippen molar-refractivity contribution >= 4 is 75.4 Å². The van der Waals surface area contributed by atoms with Crippen molar-refractivity contribution in [2.45, 2.75) is 28.5 Å². The van der Waals surface area contributed by atoms with Gasteiger partial charge >= 0.3 is 0 Å². The van der Waals surface area contributed by atoms with Crippen LogP contribution in [0.25, 0.3) is 22.9 Å². The lowest BCUT2D eigenvalue weighted by molar-refractivity contribution is -0.138. The quantitative estimate of drug-likeness (QED) is 0.0989. The fraction of sp³-hybridized carbons (Fsp3) is 0.268. The van der Waals surface area contributed by atoms with E-state index in [1.165, 1.54) is 18.0 Å². The molecule has 8 rings (SSSR count). The van der Waals surface area contributed by atoms with E-state index in [0.29, 0.717) is 33.7 Å². The first kappa shape index (κ1) is 34.0. The van der Waals surface area contributed by atoms with Crippen LogP contribution in [0.3, 0.4) is 0 Å². The lowest BCUT2D eigenvalue weighted by Crippen LogP contribution is -2.60. The van der Waals surface area contributed by atoms with Crippen LogP contribution in [0.15, 0.2) is 90.5 Å². The zero-order chi connectivity index (χ0) is 36.7. The first-order chi connectivity index (χ1) is 24.9. The Bertz CT molecular complexity index is 2270. The second kappa shape index (κ2) is 12.2. The van der Waals surface area contributed by atoms with Gasteiger partial charge in [-0.25, -0.2) is 0 Å². The Balaban J connectivity index is 1.17. The number of nitrogens with zero attached hydrogens (tertiary/aromatic N) is 2. The molecule has 0 bridgehead atoms. The zero-order valence-electron chi connectivity index (χ0n) is 28.5. The number of rotatable bonds is 6. The van der Waals surface area contributed by atoms with Gasteiger partial charge in [-0.15, -0.1) is 23.2 Å². The fourth-order valence-corrected chi connectivity index (χ4v) is 9.80. The summed E-state index contributed by atoms with van der Waals surface area (Å²) in [5, 5.41) is 12.9. The second-order valence-corrected chi connectivity index (χ2v) is 15.0. The number of carbonyl (C=O) groups is 4. The minimum Gasteiger partial charge on any atom is -0.508 e. The molecular formula is C41H34Cl2N2O7. The molecule has 2 heterocycles. The van der Waals surface area contributed by atoms with Crippen LogP contribution >= 0.6 is 23.2 Å². The van der Waals surface area contributed by atoms with Crippen molar-refractivity contribution in [3.05, 3.63) is 107 Å². The van der Waals surface area contributed by atoms with Gasteiger partial charge in [-0.1, -0.05) is 66.3 Å². The van der Waals surface area contributed by atoms with Crippen LogP contribution in [-0.2, 0) is 19.2 Å². The third-order valence-electron chi connectivity index (χ3n) is 11.3. The monoisotopic (exact) mass is 736 g/mol. The average molecular weight is 738 g/mol. The van der Waals surface area contributed by atoms with Crippen LogP contribution in [-0.4, -0.2) is 64.7 Å². The van der Waals surface area contributed by atoms with E-state index >= 15 is 0 Å². The second-order valence-electron chi connectivity index (χ2n) is 13.8. The van der Waals surface area contributed by atoms with Crippen LogP contribution in [0.2, 0.25) is 0 Å². The number of hydrogen-bond donors (Lipinski definition) is 1. The molecule has 3 fully saturated rings. The maximum Gasteiger partial charge on any atom is 0.253 e. The first-order valence-electron chi connectivity index (χ1n) is 16.9. The smallest absolute Gasteiger partial charge is 0.253 e. The maximum atomic E-state index is 14.5. The standard InChI is InChI=1S/C41H34Cl2N2O7/c1-44-38(49)40(42)21-30-28(35(41(40,43)39(44)50)34-27-7-5-4-6-23(27)12-18-31(34)46)16-17-29-33(30)37(48)45(36(29)47)25-13-9-22(10-14-25)8-11-24-20-26(51-2)15-19-32(24)52-3/h4-16,18-20,29-30,33,35,46H,17,21H2,1-3H3. The maximum absolute atomic E-state index is 14.5. The molecule has 2 saturated heterocycles. The van der Waals surface area contributed by atoms with E-state index in [1.807, 2.05) is 72.8 Å². The molecule has 52 heavy (non-hydrogen) atoms. The minimum absolute atomic E-state index is 0.115. The highest BCUT2D eigenvalue weighted by Crippen LogP contribution is 2.66. The van der Waals surface area contributed by atoms with Gasteiger partial charge < -0.3 is 14.6 Å². The fourth-order valence-electron chi connectivity index (χ4n) is 8.79. The van der Waals surface area contributed by atoms with Crippen molar-refractivity contribution in [2.24, 2.45) is 17.8 Å². The molecule has 1 N–H and O–H groups in total. The largest absolute Gasteiger partial charge is 0.508 e. The number of likely N-dealkylation sites (tertiary alicyclic amines) is 1.